The van der Waals surface area contributed by atoms with Crippen LogP contribution in [0.3, 0.4) is 0 Å². The molecule has 1 saturated heterocycles. The molecule has 0 spiro atoms. The van der Waals surface area contributed by atoms with Crippen LogP contribution in [-0.2, 0) is 11.2 Å². The highest BCUT2D eigenvalue weighted by molar-refractivity contribution is 6.30. The standard InChI is InChI=1S/C16H25ClN4O2/c1-5-12-13(17)18-11-19-14(12)20-7-6-8-21(10-9-20)15(22)23-16(2,3)4/h11H,5-10H2,1-4H3. The minimum atomic E-state index is -0.474. The Hall–Kier alpha value is -1.56. The number of anilines is 1. The molecule has 128 valence electrons. The van der Waals surface area contributed by atoms with Crippen LogP contribution in [-0.4, -0.2) is 52.7 Å². The number of hydrogen-bond donors (Lipinski definition) is 0. The minimum absolute atomic E-state index is 0.254. The summed E-state index contributed by atoms with van der Waals surface area (Å²) in [5.41, 5.74) is 0.485. The van der Waals surface area contributed by atoms with Gasteiger partial charge in [-0.3, -0.25) is 0 Å². The Morgan fingerprint density at radius 3 is 2.65 bits per heavy atom. The van der Waals surface area contributed by atoms with Crippen molar-refractivity contribution in [2.24, 2.45) is 0 Å². The van der Waals surface area contributed by atoms with E-state index in [2.05, 4.69) is 14.9 Å². The molecule has 6 nitrogen and oxygen atoms in total. The first-order valence-corrected chi connectivity index (χ1v) is 8.42. The van der Waals surface area contributed by atoms with Crippen molar-refractivity contribution in [3.05, 3.63) is 17.0 Å². The lowest BCUT2D eigenvalue weighted by Crippen LogP contribution is -2.39. The average molecular weight is 341 g/mol. The van der Waals surface area contributed by atoms with Gasteiger partial charge in [0.25, 0.3) is 0 Å². The fraction of sp³-hybridized carbons (Fsp3) is 0.688. The van der Waals surface area contributed by atoms with E-state index in [9.17, 15) is 4.79 Å². The van der Waals surface area contributed by atoms with Gasteiger partial charge < -0.3 is 14.5 Å². The van der Waals surface area contributed by atoms with E-state index in [-0.39, 0.29) is 6.09 Å². The Balaban J connectivity index is 2.07. The second kappa shape index (κ2) is 7.34. The monoisotopic (exact) mass is 340 g/mol. The van der Waals surface area contributed by atoms with E-state index in [4.69, 9.17) is 16.3 Å². The molecule has 0 unspecified atom stereocenters. The number of carbonyl (C=O) groups excluding carboxylic acids is 1. The quantitative estimate of drug-likeness (QED) is 0.774. The topological polar surface area (TPSA) is 58.6 Å². The molecule has 0 radical (unpaired) electrons. The van der Waals surface area contributed by atoms with Crippen molar-refractivity contribution < 1.29 is 9.53 Å². The molecule has 0 saturated carbocycles. The molecule has 0 bridgehead atoms. The first-order chi connectivity index (χ1) is 10.8. The van der Waals surface area contributed by atoms with E-state index in [1.54, 1.807) is 4.90 Å². The highest BCUT2D eigenvalue weighted by Crippen LogP contribution is 2.25. The Kier molecular flexibility index (Phi) is 5.68. The molecule has 0 atom stereocenters. The number of rotatable bonds is 2. The van der Waals surface area contributed by atoms with Gasteiger partial charge in [0.2, 0.25) is 0 Å². The van der Waals surface area contributed by atoms with Gasteiger partial charge in [-0.2, -0.15) is 0 Å². The van der Waals surface area contributed by atoms with Crippen molar-refractivity contribution in [2.75, 3.05) is 31.1 Å². The first kappa shape index (κ1) is 17.8. The fourth-order valence-electron chi connectivity index (χ4n) is 2.60. The summed E-state index contributed by atoms with van der Waals surface area (Å²) in [5, 5.41) is 0.505. The molecule has 1 aliphatic heterocycles. The molecule has 2 rings (SSSR count). The van der Waals surface area contributed by atoms with E-state index in [1.165, 1.54) is 6.33 Å². The zero-order chi connectivity index (χ0) is 17.0. The summed E-state index contributed by atoms with van der Waals surface area (Å²) in [6.07, 6.45) is 2.88. The molecular weight excluding hydrogens is 316 g/mol. The van der Waals surface area contributed by atoms with Crippen LogP contribution >= 0.6 is 11.6 Å². The van der Waals surface area contributed by atoms with Crippen LogP contribution in [0, 0.1) is 0 Å². The van der Waals surface area contributed by atoms with Crippen LogP contribution in [0.2, 0.25) is 5.15 Å². The van der Waals surface area contributed by atoms with Crippen molar-refractivity contribution in [1.29, 1.82) is 0 Å². The highest BCUT2D eigenvalue weighted by Gasteiger charge is 2.25. The maximum Gasteiger partial charge on any atom is 0.410 e. The highest BCUT2D eigenvalue weighted by atomic mass is 35.5. The summed E-state index contributed by atoms with van der Waals surface area (Å²) in [4.78, 5) is 24.6. The lowest BCUT2D eigenvalue weighted by Gasteiger charge is -2.27. The minimum Gasteiger partial charge on any atom is -0.444 e. The van der Waals surface area contributed by atoms with Crippen LogP contribution in [0.1, 0.15) is 39.7 Å². The zero-order valence-electron chi connectivity index (χ0n) is 14.3. The van der Waals surface area contributed by atoms with Gasteiger partial charge in [0.05, 0.1) is 0 Å². The third-order valence-corrected chi connectivity index (χ3v) is 4.00. The van der Waals surface area contributed by atoms with Crippen molar-refractivity contribution in [3.8, 4) is 0 Å². The van der Waals surface area contributed by atoms with Gasteiger partial charge in [0, 0.05) is 31.7 Å². The summed E-state index contributed by atoms with van der Waals surface area (Å²) >= 11 is 6.18. The summed E-state index contributed by atoms with van der Waals surface area (Å²) in [6.45, 7) is 10.5. The zero-order valence-corrected chi connectivity index (χ0v) is 15.1. The maximum atomic E-state index is 12.2. The molecule has 0 N–H and O–H groups in total. The van der Waals surface area contributed by atoms with Gasteiger partial charge >= 0.3 is 6.09 Å². The molecule has 1 amide bonds. The van der Waals surface area contributed by atoms with Gasteiger partial charge in [-0.05, 0) is 33.6 Å². The Bertz CT molecular complexity index is 560. The predicted octanol–water partition coefficient (Wildman–Crippen LogP) is 3.14. The molecule has 0 aromatic carbocycles. The summed E-state index contributed by atoms with van der Waals surface area (Å²) in [5.74, 6) is 0.874. The summed E-state index contributed by atoms with van der Waals surface area (Å²) in [6, 6.07) is 0. The fourth-order valence-corrected chi connectivity index (χ4v) is 2.86. The normalized spacial score (nSPS) is 16.2. The number of aromatic nitrogens is 2. The van der Waals surface area contributed by atoms with E-state index in [1.807, 2.05) is 27.7 Å². The predicted molar refractivity (Wildman–Crippen MR) is 91.1 cm³/mol. The Morgan fingerprint density at radius 2 is 2.00 bits per heavy atom. The van der Waals surface area contributed by atoms with E-state index in [0.717, 1.165) is 30.8 Å². The molecule has 7 heteroatoms. The number of hydrogen-bond acceptors (Lipinski definition) is 5. The van der Waals surface area contributed by atoms with E-state index < -0.39 is 5.60 Å². The molecule has 1 aromatic heterocycles. The van der Waals surface area contributed by atoms with Crippen LogP contribution in [0.25, 0.3) is 0 Å². The van der Waals surface area contributed by atoms with Crippen LogP contribution in [0.4, 0.5) is 10.6 Å². The summed E-state index contributed by atoms with van der Waals surface area (Å²) in [7, 11) is 0. The lowest BCUT2D eigenvalue weighted by molar-refractivity contribution is 0.0263. The van der Waals surface area contributed by atoms with Crippen molar-refractivity contribution in [1.82, 2.24) is 14.9 Å². The Labute approximate surface area is 142 Å². The van der Waals surface area contributed by atoms with Gasteiger partial charge in [0.15, 0.2) is 0 Å². The Morgan fingerprint density at radius 1 is 1.26 bits per heavy atom. The van der Waals surface area contributed by atoms with Gasteiger partial charge in [0.1, 0.15) is 22.9 Å². The van der Waals surface area contributed by atoms with Gasteiger partial charge in [-0.25, -0.2) is 14.8 Å². The molecule has 1 aromatic rings. The van der Waals surface area contributed by atoms with Crippen molar-refractivity contribution in [2.45, 2.75) is 46.1 Å². The molecular formula is C16H25ClN4O2. The van der Waals surface area contributed by atoms with E-state index >= 15 is 0 Å². The lowest BCUT2D eigenvalue weighted by atomic mass is 10.2. The third kappa shape index (κ3) is 4.70. The number of carbonyl (C=O) groups is 1. The molecule has 23 heavy (non-hydrogen) atoms. The largest absolute Gasteiger partial charge is 0.444 e. The van der Waals surface area contributed by atoms with Gasteiger partial charge in [-0.1, -0.05) is 18.5 Å². The second-order valence-corrected chi connectivity index (χ2v) is 6.99. The molecule has 1 fully saturated rings. The number of halogens is 1. The van der Waals surface area contributed by atoms with Crippen molar-refractivity contribution >= 4 is 23.5 Å². The summed E-state index contributed by atoms with van der Waals surface area (Å²) < 4.78 is 5.46. The average Bonchev–Trinajstić information content (AvgIpc) is 2.71. The number of nitrogens with zero attached hydrogens (tertiary/aromatic N) is 4. The van der Waals surface area contributed by atoms with Crippen LogP contribution in [0.15, 0.2) is 6.33 Å². The van der Waals surface area contributed by atoms with Crippen LogP contribution in [0.5, 0.6) is 0 Å². The number of ether oxygens (including phenoxy) is 1. The molecule has 0 aliphatic carbocycles. The first-order valence-electron chi connectivity index (χ1n) is 8.04. The molecule has 1 aliphatic rings. The molecule has 2 heterocycles. The smallest absolute Gasteiger partial charge is 0.410 e. The van der Waals surface area contributed by atoms with E-state index in [0.29, 0.717) is 24.8 Å². The van der Waals surface area contributed by atoms with Gasteiger partial charge in [-0.15, -0.1) is 0 Å². The van der Waals surface area contributed by atoms with Crippen molar-refractivity contribution in [3.63, 3.8) is 0 Å². The third-order valence-electron chi connectivity index (χ3n) is 3.67. The van der Waals surface area contributed by atoms with Crippen LogP contribution < -0.4 is 4.90 Å². The number of amides is 1. The second-order valence-electron chi connectivity index (χ2n) is 6.63. The SMILES string of the molecule is CCc1c(Cl)ncnc1N1CCCN(C(=O)OC(C)(C)C)CC1. The maximum absolute atomic E-state index is 12.2.